The molecule has 25 heavy (non-hydrogen) atoms. The van der Waals surface area contributed by atoms with Gasteiger partial charge in [0, 0.05) is 17.0 Å². The summed E-state index contributed by atoms with van der Waals surface area (Å²) in [5.41, 5.74) is 3.55. The summed E-state index contributed by atoms with van der Waals surface area (Å²) in [7, 11) is 0. The molecule has 0 radical (unpaired) electrons. The molecule has 130 valence electrons. The van der Waals surface area contributed by atoms with Gasteiger partial charge in [0.15, 0.2) is 4.34 Å². The van der Waals surface area contributed by atoms with Crippen LogP contribution in [0.5, 0.6) is 0 Å². The summed E-state index contributed by atoms with van der Waals surface area (Å²) < 4.78 is 2.20. The summed E-state index contributed by atoms with van der Waals surface area (Å²) in [5.74, 6) is 1.72. The van der Waals surface area contributed by atoms with E-state index in [-0.39, 0.29) is 5.91 Å². The average Bonchev–Trinajstić information content (AvgIpc) is 2.96. The number of amides is 1. The fourth-order valence-corrected chi connectivity index (χ4v) is 4.83. The smallest absolute Gasteiger partial charge is 0.255 e. The van der Waals surface area contributed by atoms with Crippen LogP contribution in [-0.2, 0) is 0 Å². The van der Waals surface area contributed by atoms with Crippen molar-refractivity contribution in [3.05, 3.63) is 53.6 Å². The molecule has 0 saturated carbocycles. The summed E-state index contributed by atoms with van der Waals surface area (Å²) in [4.78, 5) is 17.1. The summed E-state index contributed by atoms with van der Waals surface area (Å²) in [6.07, 6.45) is 1.19. The number of hydrogen-bond donors (Lipinski definition) is 1. The largest absolute Gasteiger partial charge is 0.322 e. The molecule has 0 aliphatic heterocycles. The molecule has 3 rings (SSSR count). The highest BCUT2D eigenvalue weighted by Gasteiger charge is 2.09. The van der Waals surface area contributed by atoms with E-state index in [0.29, 0.717) is 11.5 Å². The van der Waals surface area contributed by atoms with Gasteiger partial charge < -0.3 is 5.32 Å². The third-order valence-electron chi connectivity index (χ3n) is 3.83. The standard InChI is InChI=1S/C20H22N2OS2/c1-13(2)9-10-24-20-22-17-8-7-16(12-18(17)25-20)21-19(23)15-6-4-5-14(3)11-15/h4-8,11-13H,9-10H2,1-3H3,(H,21,23). The lowest BCUT2D eigenvalue weighted by molar-refractivity contribution is 0.102. The van der Waals surface area contributed by atoms with Gasteiger partial charge in [-0.3, -0.25) is 4.79 Å². The van der Waals surface area contributed by atoms with Crippen molar-refractivity contribution < 1.29 is 4.79 Å². The van der Waals surface area contributed by atoms with Gasteiger partial charge in [-0.15, -0.1) is 11.3 Å². The third kappa shape index (κ3) is 4.83. The first kappa shape index (κ1) is 18.0. The van der Waals surface area contributed by atoms with E-state index < -0.39 is 0 Å². The third-order valence-corrected chi connectivity index (χ3v) is 6.02. The van der Waals surface area contributed by atoms with Crippen LogP contribution in [0.2, 0.25) is 0 Å². The Hall–Kier alpha value is -1.85. The molecule has 3 nitrogen and oxygen atoms in total. The van der Waals surface area contributed by atoms with Crippen molar-refractivity contribution in [1.29, 1.82) is 0 Å². The molecule has 1 aromatic heterocycles. The highest BCUT2D eigenvalue weighted by molar-refractivity contribution is 8.01. The first-order valence-corrected chi connectivity index (χ1v) is 10.2. The predicted molar refractivity (Wildman–Crippen MR) is 109 cm³/mol. The molecule has 3 aromatic rings. The number of nitrogens with one attached hydrogen (secondary N) is 1. The molecule has 0 spiro atoms. The Morgan fingerprint density at radius 1 is 1.24 bits per heavy atom. The van der Waals surface area contributed by atoms with Gasteiger partial charge in [0.05, 0.1) is 10.2 Å². The normalized spacial score (nSPS) is 11.2. The maximum atomic E-state index is 12.4. The first-order valence-electron chi connectivity index (χ1n) is 8.42. The zero-order valence-corrected chi connectivity index (χ0v) is 16.3. The van der Waals surface area contributed by atoms with E-state index in [1.54, 1.807) is 11.3 Å². The van der Waals surface area contributed by atoms with E-state index in [4.69, 9.17) is 0 Å². The summed E-state index contributed by atoms with van der Waals surface area (Å²) in [6.45, 7) is 6.46. The Labute approximate surface area is 156 Å². The fraction of sp³-hybridized carbons (Fsp3) is 0.300. The topological polar surface area (TPSA) is 42.0 Å². The number of aryl methyl sites for hydroxylation is 1. The van der Waals surface area contributed by atoms with Crippen LogP contribution >= 0.6 is 23.1 Å². The van der Waals surface area contributed by atoms with Crippen molar-refractivity contribution in [3.8, 4) is 0 Å². The van der Waals surface area contributed by atoms with Crippen molar-refractivity contribution in [2.75, 3.05) is 11.1 Å². The number of thioether (sulfide) groups is 1. The number of aromatic nitrogens is 1. The lowest BCUT2D eigenvalue weighted by Crippen LogP contribution is -2.11. The van der Waals surface area contributed by atoms with Crippen molar-refractivity contribution in [3.63, 3.8) is 0 Å². The van der Waals surface area contributed by atoms with Gasteiger partial charge in [-0.25, -0.2) is 4.98 Å². The van der Waals surface area contributed by atoms with Crippen molar-refractivity contribution in [1.82, 2.24) is 4.98 Å². The number of thiazole rings is 1. The Bertz CT molecular complexity index is 886. The molecule has 0 bridgehead atoms. The van der Waals surface area contributed by atoms with Crippen LogP contribution in [0, 0.1) is 12.8 Å². The highest BCUT2D eigenvalue weighted by Crippen LogP contribution is 2.32. The molecule has 0 aliphatic rings. The van der Waals surface area contributed by atoms with Crippen molar-refractivity contribution in [2.45, 2.75) is 31.5 Å². The molecule has 2 aromatic carbocycles. The predicted octanol–water partition coefficient (Wildman–Crippen LogP) is 6.00. The van der Waals surface area contributed by atoms with Crippen molar-refractivity contribution in [2.24, 2.45) is 5.92 Å². The second kappa shape index (κ2) is 8.02. The maximum absolute atomic E-state index is 12.4. The number of fused-ring (bicyclic) bond motifs is 1. The van der Waals surface area contributed by atoms with Crippen LogP contribution in [0.1, 0.15) is 36.2 Å². The summed E-state index contributed by atoms with van der Waals surface area (Å²) in [5, 5.41) is 2.98. The van der Waals surface area contributed by atoms with E-state index in [1.807, 2.05) is 61.2 Å². The van der Waals surface area contributed by atoms with Crippen LogP contribution in [0.3, 0.4) is 0 Å². The van der Waals surface area contributed by atoms with E-state index in [9.17, 15) is 4.79 Å². The minimum absolute atomic E-state index is 0.0842. The molecular formula is C20H22N2OS2. The molecule has 0 aliphatic carbocycles. The second-order valence-electron chi connectivity index (χ2n) is 6.52. The number of rotatable bonds is 6. The number of benzene rings is 2. The van der Waals surface area contributed by atoms with Gasteiger partial charge in [0.1, 0.15) is 0 Å². The second-order valence-corrected chi connectivity index (χ2v) is 8.89. The van der Waals surface area contributed by atoms with Crippen LogP contribution < -0.4 is 5.32 Å². The number of anilines is 1. The molecule has 5 heteroatoms. The Morgan fingerprint density at radius 3 is 2.84 bits per heavy atom. The average molecular weight is 371 g/mol. The van der Waals surface area contributed by atoms with E-state index >= 15 is 0 Å². The van der Waals surface area contributed by atoms with E-state index in [1.165, 1.54) is 6.42 Å². The molecule has 1 amide bonds. The Kier molecular flexibility index (Phi) is 5.76. The maximum Gasteiger partial charge on any atom is 0.255 e. The van der Waals surface area contributed by atoms with Crippen LogP contribution in [0.4, 0.5) is 5.69 Å². The molecule has 0 fully saturated rings. The van der Waals surface area contributed by atoms with Gasteiger partial charge in [0.2, 0.25) is 0 Å². The Balaban J connectivity index is 1.71. The zero-order valence-electron chi connectivity index (χ0n) is 14.7. The SMILES string of the molecule is Cc1cccc(C(=O)Nc2ccc3nc(SCCC(C)C)sc3c2)c1. The quantitative estimate of drug-likeness (QED) is 0.541. The highest BCUT2D eigenvalue weighted by atomic mass is 32.2. The monoisotopic (exact) mass is 370 g/mol. The summed E-state index contributed by atoms with van der Waals surface area (Å²) in [6, 6.07) is 13.5. The van der Waals surface area contributed by atoms with Crippen molar-refractivity contribution >= 4 is 44.9 Å². The van der Waals surface area contributed by atoms with E-state index in [2.05, 4.69) is 24.1 Å². The molecule has 1 heterocycles. The molecule has 0 saturated heterocycles. The van der Waals surface area contributed by atoms with Gasteiger partial charge in [-0.05, 0) is 49.6 Å². The zero-order chi connectivity index (χ0) is 17.8. The lowest BCUT2D eigenvalue weighted by atomic mass is 10.1. The van der Waals surface area contributed by atoms with Crippen LogP contribution in [-0.4, -0.2) is 16.6 Å². The molecule has 0 atom stereocenters. The van der Waals surface area contributed by atoms with E-state index in [0.717, 1.165) is 31.6 Å². The first-order chi connectivity index (χ1) is 12.0. The van der Waals surface area contributed by atoms with Gasteiger partial charge in [-0.1, -0.05) is 43.3 Å². The Morgan fingerprint density at radius 2 is 2.08 bits per heavy atom. The van der Waals surface area contributed by atoms with Gasteiger partial charge in [-0.2, -0.15) is 0 Å². The molecule has 1 N–H and O–H groups in total. The minimum Gasteiger partial charge on any atom is -0.322 e. The van der Waals surface area contributed by atoms with Crippen LogP contribution in [0.15, 0.2) is 46.8 Å². The fourth-order valence-electron chi connectivity index (χ4n) is 2.41. The minimum atomic E-state index is -0.0842. The lowest BCUT2D eigenvalue weighted by Gasteiger charge is -2.05. The van der Waals surface area contributed by atoms with Gasteiger partial charge >= 0.3 is 0 Å². The molecule has 0 unspecified atom stereocenters. The number of nitrogens with zero attached hydrogens (tertiary/aromatic N) is 1. The number of hydrogen-bond acceptors (Lipinski definition) is 4. The van der Waals surface area contributed by atoms with Gasteiger partial charge in [0.25, 0.3) is 5.91 Å². The number of carbonyl (C=O) groups excluding carboxylic acids is 1. The summed E-state index contributed by atoms with van der Waals surface area (Å²) >= 11 is 3.50. The number of carbonyl (C=O) groups is 1. The van der Waals surface area contributed by atoms with Crippen LogP contribution in [0.25, 0.3) is 10.2 Å². The molecular weight excluding hydrogens is 348 g/mol.